The third-order valence-corrected chi connectivity index (χ3v) is 1.34. The van der Waals surface area contributed by atoms with Crippen LogP contribution in [0.1, 0.15) is 6.42 Å². The highest BCUT2D eigenvalue weighted by Crippen LogP contribution is 2.05. The molecular weight excluding hydrogens is 134 g/mol. The molecule has 0 aromatic heterocycles. The van der Waals surface area contributed by atoms with Crippen LogP contribution in [0.25, 0.3) is 0 Å². The van der Waals surface area contributed by atoms with Crippen LogP contribution < -0.4 is 0 Å². The SMILES string of the molecule is COC(=O)C1=NCC(O)C1. The van der Waals surface area contributed by atoms with E-state index in [2.05, 4.69) is 9.73 Å². The Balaban J connectivity index is 2.51. The van der Waals surface area contributed by atoms with Crippen LogP contribution >= 0.6 is 0 Å². The van der Waals surface area contributed by atoms with Gasteiger partial charge in [0.05, 0.1) is 19.8 Å². The standard InChI is InChI=1S/C6H9NO3/c1-10-6(9)5-2-4(8)3-7-5/h4,8H,2-3H2,1H3. The Kier molecular flexibility index (Phi) is 2.01. The minimum absolute atomic E-state index is 0.324. The molecule has 56 valence electrons. The van der Waals surface area contributed by atoms with E-state index in [1.165, 1.54) is 7.11 Å². The summed E-state index contributed by atoms with van der Waals surface area (Å²) in [6, 6.07) is 0. The van der Waals surface area contributed by atoms with E-state index in [1.54, 1.807) is 0 Å². The number of aliphatic imine (C=N–C) groups is 1. The van der Waals surface area contributed by atoms with Crippen molar-refractivity contribution in [3.05, 3.63) is 0 Å². The molecule has 1 aliphatic heterocycles. The van der Waals surface area contributed by atoms with E-state index >= 15 is 0 Å². The summed E-state index contributed by atoms with van der Waals surface area (Å²) in [6.07, 6.45) is -0.166. The highest BCUT2D eigenvalue weighted by atomic mass is 16.5. The van der Waals surface area contributed by atoms with Gasteiger partial charge in [0.15, 0.2) is 0 Å². The van der Waals surface area contributed by atoms with Crippen molar-refractivity contribution >= 4 is 11.7 Å². The molecule has 0 aromatic rings. The van der Waals surface area contributed by atoms with Gasteiger partial charge >= 0.3 is 5.97 Å². The summed E-state index contributed by atoms with van der Waals surface area (Å²) in [6.45, 7) is 0.324. The molecule has 1 atom stereocenters. The molecule has 0 saturated carbocycles. The highest BCUT2D eigenvalue weighted by Gasteiger charge is 2.21. The quantitative estimate of drug-likeness (QED) is 0.497. The molecule has 0 fully saturated rings. The number of carbonyl (C=O) groups is 1. The van der Waals surface area contributed by atoms with Crippen molar-refractivity contribution in [3.8, 4) is 0 Å². The van der Waals surface area contributed by atoms with E-state index in [4.69, 9.17) is 5.11 Å². The van der Waals surface area contributed by atoms with E-state index in [9.17, 15) is 4.79 Å². The first-order valence-electron chi connectivity index (χ1n) is 3.03. The van der Waals surface area contributed by atoms with Crippen LogP contribution in [0.3, 0.4) is 0 Å². The van der Waals surface area contributed by atoms with Gasteiger partial charge in [0.2, 0.25) is 0 Å². The molecule has 0 spiro atoms. The van der Waals surface area contributed by atoms with Gasteiger partial charge in [0, 0.05) is 6.42 Å². The predicted molar refractivity (Wildman–Crippen MR) is 34.9 cm³/mol. The third kappa shape index (κ3) is 1.33. The number of methoxy groups -OCH3 is 1. The van der Waals surface area contributed by atoms with Gasteiger partial charge in [-0.1, -0.05) is 0 Å². The third-order valence-electron chi connectivity index (χ3n) is 1.34. The van der Waals surface area contributed by atoms with Crippen molar-refractivity contribution in [2.75, 3.05) is 13.7 Å². The largest absolute Gasteiger partial charge is 0.465 e. The fraction of sp³-hybridized carbons (Fsp3) is 0.667. The second-order valence-corrected chi connectivity index (χ2v) is 2.14. The Hall–Kier alpha value is -0.900. The molecule has 10 heavy (non-hydrogen) atoms. The maximum Gasteiger partial charge on any atom is 0.352 e. The molecule has 4 nitrogen and oxygen atoms in total. The molecule has 1 aliphatic rings. The first kappa shape index (κ1) is 7.21. The summed E-state index contributed by atoms with van der Waals surface area (Å²) in [5, 5.41) is 8.92. The number of ether oxygens (including phenoxy) is 1. The minimum Gasteiger partial charge on any atom is -0.465 e. The molecule has 0 bridgehead atoms. The zero-order valence-corrected chi connectivity index (χ0v) is 5.70. The van der Waals surface area contributed by atoms with Gasteiger partial charge in [-0.05, 0) is 0 Å². The molecule has 1 rings (SSSR count). The summed E-state index contributed by atoms with van der Waals surface area (Å²) in [5.74, 6) is -0.434. The lowest BCUT2D eigenvalue weighted by Gasteiger charge is -1.97. The average Bonchev–Trinajstić information content (AvgIpc) is 2.34. The number of carbonyl (C=O) groups excluding carboxylic acids is 1. The zero-order valence-electron chi connectivity index (χ0n) is 5.70. The minimum atomic E-state index is -0.492. The zero-order chi connectivity index (χ0) is 7.56. The van der Waals surface area contributed by atoms with E-state index in [1.807, 2.05) is 0 Å². The van der Waals surface area contributed by atoms with Gasteiger partial charge in [0.25, 0.3) is 0 Å². The van der Waals surface area contributed by atoms with E-state index < -0.39 is 12.1 Å². The molecule has 4 heteroatoms. The van der Waals surface area contributed by atoms with Gasteiger partial charge in [-0.3, -0.25) is 4.99 Å². The summed E-state index contributed by atoms with van der Waals surface area (Å²) in [7, 11) is 1.30. The van der Waals surface area contributed by atoms with Crippen molar-refractivity contribution in [1.29, 1.82) is 0 Å². The number of aliphatic hydroxyl groups is 1. The summed E-state index contributed by atoms with van der Waals surface area (Å²) < 4.78 is 4.40. The van der Waals surface area contributed by atoms with Crippen molar-refractivity contribution in [2.24, 2.45) is 4.99 Å². The topological polar surface area (TPSA) is 58.9 Å². The van der Waals surface area contributed by atoms with Gasteiger partial charge in [-0.2, -0.15) is 0 Å². The van der Waals surface area contributed by atoms with Crippen LogP contribution in [0.2, 0.25) is 0 Å². The van der Waals surface area contributed by atoms with E-state index in [-0.39, 0.29) is 0 Å². The molecule has 0 amide bonds. The first-order valence-corrected chi connectivity index (χ1v) is 3.03. The van der Waals surface area contributed by atoms with Crippen molar-refractivity contribution in [1.82, 2.24) is 0 Å². The lowest BCUT2D eigenvalue weighted by molar-refractivity contribution is -0.132. The molecule has 0 saturated heterocycles. The molecule has 0 radical (unpaired) electrons. The molecule has 0 aliphatic carbocycles. The van der Waals surface area contributed by atoms with Crippen LogP contribution in [-0.2, 0) is 9.53 Å². The number of nitrogens with zero attached hydrogens (tertiary/aromatic N) is 1. The van der Waals surface area contributed by atoms with Crippen LogP contribution in [0, 0.1) is 0 Å². The normalized spacial score (nSPS) is 24.2. The first-order chi connectivity index (χ1) is 4.74. The average molecular weight is 143 g/mol. The Morgan fingerprint density at radius 2 is 2.60 bits per heavy atom. The Bertz CT molecular complexity index is 176. The molecule has 0 aromatic carbocycles. The Morgan fingerprint density at radius 3 is 3.00 bits per heavy atom. The van der Waals surface area contributed by atoms with Gasteiger partial charge in [-0.15, -0.1) is 0 Å². The molecule has 1 heterocycles. The monoisotopic (exact) mass is 143 g/mol. The highest BCUT2D eigenvalue weighted by molar-refractivity contribution is 6.37. The summed E-state index contributed by atoms with van der Waals surface area (Å²) in [4.78, 5) is 14.5. The smallest absolute Gasteiger partial charge is 0.352 e. The lowest BCUT2D eigenvalue weighted by atomic mass is 10.2. The van der Waals surface area contributed by atoms with Gasteiger partial charge in [0.1, 0.15) is 5.71 Å². The molecule has 1 unspecified atom stereocenters. The fourth-order valence-electron chi connectivity index (χ4n) is 0.834. The van der Waals surface area contributed by atoms with Crippen LogP contribution in [-0.4, -0.2) is 36.5 Å². The number of aliphatic hydroxyl groups excluding tert-OH is 1. The second kappa shape index (κ2) is 2.79. The number of esters is 1. The van der Waals surface area contributed by atoms with E-state index in [0.717, 1.165) is 0 Å². The number of hydrogen-bond donors (Lipinski definition) is 1. The van der Waals surface area contributed by atoms with Gasteiger partial charge < -0.3 is 9.84 Å². The Labute approximate surface area is 58.5 Å². The van der Waals surface area contributed by atoms with Gasteiger partial charge in [-0.25, -0.2) is 4.79 Å². The lowest BCUT2D eigenvalue weighted by Crippen LogP contribution is -2.16. The molecular formula is C6H9NO3. The van der Waals surface area contributed by atoms with E-state index in [0.29, 0.717) is 18.7 Å². The fourth-order valence-corrected chi connectivity index (χ4v) is 0.834. The van der Waals surface area contributed by atoms with Crippen LogP contribution in [0.5, 0.6) is 0 Å². The Morgan fingerprint density at radius 1 is 1.90 bits per heavy atom. The van der Waals surface area contributed by atoms with Crippen LogP contribution in [0.4, 0.5) is 0 Å². The summed E-state index contributed by atoms with van der Waals surface area (Å²) >= 11 is 0. The number of hydrogen-bond acceptors (Lipinski definition) is 4. The van der Waals surface area contributed by atoms with Crippen LogP contribution in [0.15, 0.2) is 4.99 Å². The maximum atomic E-state index is 10.7. The second-order valence-electron chi connectivity index (χ2n) is 2.14. The maximum absolute atomic E-state index is 10.7. The van der Waals surface area contributed by atoms with Crippen molar-refractivity contribution < 1.29 is 14.6 Å². The molecule has 1 N–H and O–H groups in total. The van der Waals surface area contributed by atoms with Crippen molar-refractivity contribution in [3.63, 3.8) is 0 Å². The number of rotatable bonds is 1. The van der Waals surface area contributed by atoms with Crippen molar-refractivity contribution in [2.45, 2.75) is 12.5 Å². The predicted octanol–water partition coefficient (Wildman–Crippen LogP) is -0.635. The summed E-state index contributed by atoms with van der Waals surface area (Å²) in [5.41, 5.74) is 0.343.